The Morgan fingerprint density at radius 1 is 0.382 bits per heavy atom. The van der Waals surface area contributed by atoms with Crippen LogP contribution in [0, 0.1) is 0 Å². The molecule has 55 heavy (non-hydrogen) atoms. The smallest absolute Gasteiger partial charge is 0.0547 e. The lowest BCUT2D eigenvalue weighted by molar-refractivity contribution is 1.18. The minimum Gasteiger partial charge on any atom is -0.310 e. The first-order valence-corrected chi connectivity index (χ1v) is 19.6. The van der Waals surface area contributed by atoms with Crippen molar-refractivity contribution < 1.29 is 0 Å². The third kappa shape index (κ3) is 5.24. The molecule has 0 unspecified atom stereocenters. The van der Waals surface area contributed by atoms with Crippen LogP contribution in [0.1, 0.15) is 0 Å². The molecule has 2 heterocycles. The van der Waals surface area contributed by atoms with E-state index in [1.165, 1.54) is 75.0 Å². The van der Waals surface area contributed by atoms with Crippen LogP contribution in [-0.2, 0) is 0 Å². The van der Waals surface area contributed by atoms with E-state index >= 15 is 0 Å². The molecule has 0 saturated heterocycles. The molecule has 0 bridgehead atoms. The van der Waals surface area contributed by atoms with Gasteiger partial charge in [-0.25, -0.2) is 0 Å². The molecule has 2 aromatic heterocycles. The van der Waals surface area contributed by atoms with Crippen LogP contribution in [-0.4, -0.2) is 4.57 Å². The molecule has 0 aliphatic carbocycles. The van der Waals surface area contributed by atoms with Gasteiger partial charge in [0, 0.05) is 53.6 Å². The van der Waals surface area contributed by atoms with E-state index in [1.54, 1.807) is 0 Å². The van der Waals surface area contributed by atoms with E-state index in [4.69, 9.17) is 0 Å². The van der Waals surface area contributed by atoms with Gasteiger partial charge in [0.25, 0.3) is 0 Å². The summed E-state index contributed by atoms with van der Waals surface area (Å²) in [6, 6.07) is 75.1. The van der Waals surface area contributed by atoms with Crippen LogP contribution < -0.4 is 4.90 Å². The van der Waals surface area contributed by atoms with Crippen molar-refractivity contribution in [1.82, 2.24) is 4.57 Å². The molecular weight excluding hydrogens is 685 g/mol. The third-order valence-electron chi connectivity index (χ3n) is 11.0. The third-order valence-corrected chi connectivity index (χ3v) is 12.1. The van der Waals surface area contributed by atoms with Crippen LogP contribution in [0.3, 0.4) is 0 Å². The lowest BCUT2D eigenvalue weighted by atomic mass is 10.0. The van der Waals surface area contributed by atoms with E-state index in [0.29, 0.717) is 0 Å². The van der Waals surface area contributed by atoms with Crippen molar-refractivity contribution in [2.24, 2.45) is 0 Å². The lowest BCUT2D eigenvalue weighted by Crippen LogP contribution is -2.11. The van der Waals surface area contributed by atoms with Gasteiger partial charge in [-0.2, -0.15) is 0 Å². The predicted octanol–water partition coefficient (Wildman–Crippen LogP) is 15.1. The van der Waals surface area contributed by atoms with Gasteiger partial charge in [-0.15, -0.1) is 11.3 Å². The van der Waals surface area contributed by atoms with E-state index in [9.17, 15) is 0 Å². The molecule has 0 spiro atoms. The Kier molecular flexibility index (Phi) is 7.39. The van der Waals surface area contributed by atoms with Crippen LogP contribution in [0.4, 0.5) is 17.1 Å². The van der Waals surface area contributed by atoms with Gasteiger partial charge in [-0.1, -0.05) is 146 Å². The monoisotopic (exact) mass is 718 g/mol. The van der Waals surface area contributed by atoms with Crippen molar-refractivity contribution in [2.45, 2.75) is 0 Å². The fourth-order valence-electron chi connectivity index (χ4n) is 8.43. The maximum atomic E-state index is 2.41. The summed E-state index contributed by atoms with van der Waals surface area (Å²) < 4.78 is 5.00. The largest absolute Gasteiger partial charge is 0.310 e. The Morgan fingerprint density at radius 3 is 1.85 bits per heavy atom. The summed E-state index contributed by atoms with van der Waals surface area (Å²) in [5, 5.41) is 7.74. The molecule has 0 saturated carbocycles. The van der Waals surface area contributed by atoms with Crippen LogP contribution in [0.15, 0.2) is 206 Å². The molecular formula is C52H34N2S. The van der Waals surface area contributed by atoms with E-state index in [0.717, 1.165) is 22.7 Å². The van der Waals surface area contributed by atoms with Gasteiger partial charge in [0.05, 0.1) is 16.7 Å². The number of rotatable bonds is 6. The summed E-state index contributed by atoms with van der Waals surface area (Å²) in [5.41, 5.74) is 11.7. The maximum Gasteiger partial charge on any atom is 0.0547 e. The first kappa shape index (κ1) is 31.6. The van der Waals surface area contributed by atoms with Crippen LogP contribution >= 0.6 is 11.3 Å². The molecule has 11 rings (SSSR count). The van der Waals surface area contributed by atoms with Gasteiger partial charge in [-0.3, -0.25) is 0 Å². The zero-order valence-corrected chi connectivity index (χ0v) is 30.7. The molecule has 11 aromatic rings. The second-order valence-electron chi connectivity index (χ2n) is 14.1. The minimum atomic E-state index is 1.11. The van der Waals surface area contributed by atoms with Crippen molar-refractivity contribution in [3.05, 3.63) is 206 Å². The number of benzene rings is 9. The average molecular weight is 719 g/mol. The standard InChI is InChI=1S/C52H34N2S/c1-2-12-37(13-3-1)42-15-6-9-19-47(42)53(41-31-32-45-44-17-8-11-21-50(44)55-51(45)34-41)39-27-22-35(23-28-39)36-24-29-40(30-25-36)54-48-20-10-7-18-46(48)52-43-16-5-4-14-38(43)26-33-49(52)54/h1-34H. The van der Waals surface area contributed by atoms with Crippen LogP contribution in [0.5, 0.6) is 0 Å². The predicted molar refractivity (Wildman–Crippen MR) is 237 cm³/mol. The molecule has 0 atom stereocenters. The van der Waals surface area contributed by atoms with Gasteiger partial charge in [0.1, 0.15) is 0 Å². The second kappa shape index (κ2) is 12.9. The number of hydrogen-bond donors (Lipinski definition) is 0. The Balaban J connectivity index is 1.000. The lowest BCUT2D eigenvalue weighted by Gasteiger charge is -2.28. The number of anilines is 3. The quantitative estimate of drug-likeness (QED) is 0.166. The normalized spacial score (nSPS) is 11.6. The van der Waals surface area contributed by atoms with Gasteiger partial charge >= 0.3 is 0 Å². The number of para-hydroxylation sites is 2. The Bertz CT molecular complexity index is 3190. The Labute approximate surface area is 323 Å². The first-order chi connectivity index (χ1) is 27.3. The van der Waals surface area contributed by atoms with Gasteiger partial charge in [0.15, 0.2) is 0 Å². The fraction of sp³-hybridized carbons (Fsp3) is 0. The van der Waals surface area contributed by atoms with Crippen molar-refractivity contribution in [2.75, 3.05) is 4.90 Å². The summed E-state index contributed by atoms with van der Waals surface area (Å²) in [7, 11) is 0. The van der Waals surface area contributed by atoms with E-state index in [-0.39, 0.29) is 0 Å². The number of fused-ring (bicyclic) bond motifs is 8. The summed E-state index contributed by atoms with van der Waals surface area (Å²) in [4.78, 5) is 2.41. The topological polar surface area (TPSA) is 8.17 Å². The van der Waals surface area contributed by atoms with E-state index in [1.807, 2.05) is 11.3 Å². The number of thiophene rings is 1. The molecule has 0 N–H and O–H groups in total. The van der Waals surface area contributed by atoms with Crippen molar-refractivity contribution in [3.8, 4) is 27.9 Å². The number of hydrogen-bond acceptors (Lipinski definition) is 2. The van der Waals surface area contributed by atoms with Crippen molar-refractivity contribution in [3.63, 3.8) is 0 Å². The highest BCUT2D eigenvalue weighted by atomic mass is 32.1. The molecule has 258 valence electrons. The fourth-order valence-corrected chi connectivity index (χ4v) is 9.57. The molecule has 9 aromatic carbocycles. The molecule has 0 radical (unpaired) electrons. The molecule has 2 nitrogen and oxygen atoms in total. The summed E-state index contributed by atoms with van der Waals surface area (Å²) in [6.45, 7) is 0. The summed E-state index contributed by atoms with van der Waals surface area (Å²) in [5.74, 6) is 0. The highest BCUT2D eigenvalue weighted by Crippen LogP contribution is 2.44. The molecule has 0 fully saturated rings. The molecule has 3 heteroatoms. The van der Waals surface area contributed by atoms with Gasteiger partial charge < -0.3 is 9.47 Å². The van der Waals surface area contributed by atoms with Crippen LogP contribution in [0.25, 0.3) is 80.7 Å². The highest BCUT2D eigenvalue weighted by molar-refractivity contribution is 7.25. The highest BCUT2D eigenvalue weighted by Gasteiger charge is 2.19. The van der Waals surface area contributed by atoms with E-state index < -0.39 is 0 Å². The van der Waals surface area contributed by atoms with Gasteiger partial charge in [0.2, 0.25) is 0 Å². The average Bonchev–Trinajstić information content (AvgIpc) is 3.80. The Hall–Kier alpha value is -6.94. The maximum absolute atomic E-state index is 2.41. The molecule has 0 aliphatic heterocycles. The Morgan fingerprint density at radius 2 is 1.02 bits per heavy atom. The van der Waals surface area contributed by atoms with E-state index in [2.05, 4.69) is 216 Å². The van der Waals surface area contributed by atoms with Gasteiger partial charge in [-0.05, 0) is 88.1 Å². The molecule has 0 aliphatic rings. The SMILES string of the molecule is c1ccc(-c2ccccc2N(c2ccc(-c3ccc(-n4c5ccccc5c5c6ccccc6ccc54)cc3)cc2)c2ccc3c(c2)sc2ccccc23)cc1. The zero-order valence-electron chi connectivity index (χ0n) is 29.9. The second-order valence-corrected chi connectivity index (χ2v) is 15.2. The number of nitrogens with zero attached hydrogens (tertiary/aromatic N) is 2. The number of aromatic nitrogens is 1. The first-order valence-electron chi connectivity index (χ1n) is 18.8. The van der Waals surface area contributed by atoms with Crippen molar-refractivity contribution in [1.29, 1.82) is 0 Å². The molecule has 0 amide bonds. The van der Waals surface area contributed by atoms with Crippen LogP contribution in [0.2, 0.25) is 0 Å². The summed E-state index contributed by atoms with van der Waals surface area (Å²) in [6.07, 6.45) is 0. The zero-order chi connectivity index (χ0) is 36.3. The van der Waals surface area contributed by atoms with Crippen molar-refractivity contribution >= 4 is 81.1 Å². The summed E-state index contributed by atoms with van der Waals surface area (Å²) >= 11 is 1.86. The minimum absolute atomic E-state index is 1.11.